The third kappa shape index (κ3) is 4.24. The lowest BCUT2D eigenvalue weighted by molar-refractivity contribution is 0.0970. The van der Waals surface area contributed by atoms with Crippen LogP contribution in [0, 0.1) is 5.92 Å². The average Bonchev–Trinajstić information content (AvgIpc) is 3.40. The van der Waals surface area contributed by atoms with Gasteiger partial charge in [0.25, 0.3) is 5.91 Å². The van der Waals surface area contributed by atoms with Gasteiger partial charge in [0.2, 0.25) is 10.9 Å². The third-order valence-corrected chi connectivity index (χ3v) is 6.80. The molecule has 5 rings (SSSR count). The Hall–Kier alpha value is -3.49. The number of hydrogen-bond donors (Lipinski definition) is 0. The van der Waals surface area contributed by atoms with Gasteiger partial charge in [-0.1, -0.05) is 61.6 Å². The van der Waals surface area contributed by atoms with Crippen molar-refractivity contribution >= 4 is 44.9 Å². The summed E-state index contributed by atoms with van der Waals surface area (Å²) in [6.07, 6.45) is 2.39. The summed E-state index contributed by atoms with van der Waals surface area (Å²) in [7, 11) is 0. The molecule has 1 unspecified atom stereocenters. The highest BCUT2D eigenvalue weighted by Gasteiger charge is 2.45. The molecule has 3 heterocycles. The molecule has 1 amide bonds. The number of hydrogen-bond acceptors (Lipinski definition) is 7. The van der Waals surface area contributed by atoms with Crippen molar-refractivity contribution in [3.63, 3.8) is 0 Å². The third-order valence-electron chi connectivity index (χ3n) is 5.62. The molecule has 2 aromatic heterocycles. The second kappa shape index (κ2) is 9.28. The van der Waals surface area contributed by atoms with Crippen molar-refractivity contribution in [2.45, 2.75) is 26.3 Å². The van der Waals surface area contributed by atoms with Crippen LogP contribution in [-0.4, -0.2) is 22.7 Å². The highest BCUT2D eigenvalue weighted by atomic mass is 35.5. The van der Waals surface area contributed by atoms with Crippen LogP contribution in [0.1, 0.15) is 46.6 Å². The van der Waals surface area contributed by atoms with Crippen LogP contribution in [0.3, 0.4) is 0 Å². The summed E-state index contributed by atoms with van der Waals surface area (Å²) < 4.78 is 11.7. The first-order valence-electron chi connectivity index (χ1n) is 11.1. The van der Waals surface area contributed by atoms with Gasteiger partial charge in [0.15, 0.2) is 5.43 Å². The molecule has 9 heteroatoms. The molecule has 0 fully saturated rings. The minimum atomic E-state index is -0.760. The van der Waals surface area contributed by atoms with E-state index < -0.39 is 11.9 Å². The lowest BCUT2D eigenvalue weighted by Gasteiger charge is -2.22. The number of amides is 1. The van der Waals surface area contributed by atoms with Crippen molar-refractivity contribution in [1.82, 2.24) is 10.2 Å². The number of halogens is 1. The van der Waals surface area contributed by atoms with E-state index in [1.165, 1.54) is 16.2 Å². The van der Waals surface area contributed by atoms with Gasteiger partial charge in [-0.3, -0.25) is 14.5 Å². The van der Waals surface area contributed by atoms with Crippen molar-refractivity contribution in [1.29, 1.82) is 0 Å². The summed E-state index contributed by atoms with van der Waals surface area (Å²) in [6, 6.07) is 11.3. The maximum atomic E-state index is 13.7. The zero-order valence-electron chi connectivity index (χ0n) is 19.2. The number of carbonyl (C=O) groups is 1. The smallest absolute Gasteiger partial charge is 0.297 e. The largest absolute Gasteiger partial charge is 0.490 e. The second-order valence-corrected chi connectivity index (χ2v) is 10.1. The van der Waals surface area contributed by atoms with Crippen LogP contribution in [0.15, 0.2) is 64.3 Å². The second-order valence-electron chi connectivity index (χ2n) is 8.64. The minimum Gasteiger partial charge on any atom is -0.490 e. The van der Waals surface area contributed by atoms with E-state index >= 15 is 0 Å². The Kier molecular flexibility index (Phi) is 6.17. The molecule has 0 aliphatic carbocycles. The van der Waals surface area contributed by atoms with Crippen LogP contribution >= 0.6 is 22.9 Å². The van der Waals surface area contributed by atoms with Crippen molar-refractivity contribution in [3.05, 3.63) is 92.3 Å². The number of carbonyl (C=O) groups excluding carboxylic acids is 1. The van der Waals surface area contributed by atoms with E-state index in [4.69, 9.17) is 20.8 Å². The zero-order valence-corrected chi connectivity index (χ0v) is 20.7. The van der Waals surface area contributed by atoms with Gasteiger partial charge >= 0.3 is 0 Å². The highest BCUT2D eigenvalue weighted by Crippen LogP contribution is 2.43. The molecule has 7 nitrogen and oxygen atoms in total. The first-order valence-corrected chi connectivity index (χ1v) is 12.3. The maximum Gasteiger partial charge on any atom is 0.297 e. The topological polar surface area (TPSA) is 85.5 Å². The summed E-state index contributed by atoms with van der Waals surface area (Å²) >= 11 is 7.50. The normalized spacial score (nSPS) is 15.1. The molecular formula is C26H22ClN3O4S. The Morgan fingerprint density at radius 1 is 1.23 bits per heavy atom. The van der Waals surface area contributed by atoms with Crippen molar-refractivity contribution in [2.75, 3.05) is 11.5 Å². The molecule has 0 N–H and O–H groups in total. The maximum absolute atomic E-state index is 13.7. The lowest BCUT2D eigenvalue weighted by atomic mass is 9.98. The predicted molar refractivity (Wildman–Crippen MR) is 137 cm³/mol. The average molecular weight is 508 g/mol. The predicted octanol–water partition coefficient (Wildman–Crippen LogP) is 5.81. The Labute approximate surface area is 210 Å². The molecule has 0 radical (unpaired) electrons. The summed E-state index contributed by atoms with van der Waals surface area (Å²) in [5.74, 6) is 0.528. The van der Waals surface area contributed by atoms with Crippen LogP contribution in [0.4, 0.5) is 5.13 Å². The SMILES string of the molecule is C=CCOc1cccc(C2c3c(oc4ccc(Cl)cc4c3=O)C(=O)N2c2nnc(CC(C)C)s2)c1. The summed E-state index contributed by atoms with van der Waals surface area (Å²) in [4.78, 5) is 28.9. The van der Waals surface area contributed by atoms with Crippen LogP contribution in [0.25, 0.3) is 11.0 Å². The molecule has 1 atom stereocenters. The van der Waals surface area contributed by atoms with Crippen molar-refractivity contribution < 1.29 is 13.9 Å². The zero-order chi connectivity index (χ0) is 24.7. The minimum absolute atomic E-state index is 0.00663. The Bertz CT molecular complexity index is 1510. The number of aromatic nitrogens is 2. The molecule has 178 valence electrons. The number of nitrogens with zero attached hydrogens (tertiary/aromatic N) is 3. The molecule has 0 saturated heterocycles. The van der Waals surface area contributed by atoms with E-state index in [1.54, 1.807) is 30.3 Å². The van der Waals surface area contributed by atoms with Crippen molar-refractivity contribution in [2.24, 2.45) is 5.92 Å². The van der Waals surface area contributed by atoms with Gasteiger partial charge < -0.3 is 9.15 Å². The molecule has 0 bridgehead atoms. The summed E-state index contributed by atoms with van der Waals surface area (Å²) in [5, 5.41) is 10.5. The van der Waals surface area contributed by atoms with E-state index in [0.29, 0.717) is 45.0 Å². The first kappa shape index (κ1) is 23.3. The quantitative estimate of drug-likeness (QED) is 0.293. The van der Waals surface area contributed by atoms with Crippen LogP contribution in [0.5, 0.6) is 5.75 Å². The van der Waals surface area contributed by atoms with Gasteiger partial charge in [-0.05, 0) is 41.8 Å². The Morgan fingerprint density at radius 3 is 2.83 bits per heavy atom. The van der Waals surface area contributed by atoms with Gasteiger partial charge in [0.05, 0.1) is 17.0 Å². The molecule has 4 aromatic rings. The number of benzene rings is 2. The molecule has 35 heavy (non-hydrogen) atoms. The summed E-state index contributed by atoms with van der Waals surface area (Å²) in [6.45, 7) is 8.19. The monoisotopic (exact) mass is 507 g/mol. The first-order chi connectivity index (χ1) is 16.9. The van der Waals surface area contributed by atoms with E-state index in [0.717, 1.165) is 11.4 Å². The molecule has 1 aliphatic heterocycles. The lowest BCUT2D eigenvalue weighted by Crippen LogP contribution is -2.29. The Morgan fingerprint density at radius 2 is 2.06 bits per heavy atom. The summed E-state index contributed by atoms with van der Waals surface area (Å²) in [5.41, 5.74) is 0.918. The van der Waals surface area contributed by atoms with Crippen LogP contribution in [0.2, 0.25) is 5.02 Å². The standard InChI is InChI=1S/C26H22ClN3O4S/c1-4-10-33-17-7-5-6-15(12-17)22-21-23(31)18-13-16(27)8-9-19(18)34-24(21)25(32)30(22)26-29-28-20(35-26)11-14(2)3/h4-9,12-14,22H,1,10-11H2,2-3H3. The van der Waals surface area contributed by atoms with Gasteiger partial charge in [0, 0.05) is 11.4 Å². The fourth-order valence-electron chi connectivity index (χ4n) is 4.16. The van der Waals surface area contributed by atoms with E-state index in [-0.39, 0.29) is 16.8 Å². The van der Waals surface area contributed by atoms with Gasteiger partial charge in [0.1, 0.15) is 22.9 Å². The molecule has 0 saturated carbocycles. The highest BCUT2D eigenvalue weighted by molar-refractivity contribution is 7.15. The van der Waals surface area contributed by atoms with Gasteiger partial charge in [-0.15, -0.1) is 10.2 Å². The van der Waals surface area contributed by atoms with Crippen LogP contribution < -0.4 is 15.1 Å². The molecular weight excluding hydrogens is 486 g/mol. The number of rotatable bonds is 7. The van der Waals surface area contributed by atoms with E-state index in [9.17, 15) is 9.59 Å². The fourth-order valence-corrected chi connectivity index (χ4v) is 5.41. The van der Waals surface area contributed by atoms with E-state index in [1.807, 2.05) is 18.2 Å². The van der Waals surface area contributed by atoms with E-state index in [2.05, 4.69) is 30.6 Å². The molecule has 0 spiro atoms. The van der Waals surface area contributed by atoms with Crippen LogP contribution in [-0.2, 0) is 6.42 Å². The van der Waals surface area contributed by atoms with Gasteiger partial charge in [-0.2, -0.15) is 0 Å². The molecule has 2 aromatic carbocycles. The fraction of sp³-hybridized carbons (Fsp3) is 0.231. The number of anilines is 1. The Balaban J connectivity index is 1.71. The molecule has 1 aliphatic rings. The number of ether oxygens (including phenoxy) is 1. The van der Waals surface area contributed by atoms with Crippen molar-refractivity contribution in [3.8, 4) is 5.75 Å². The number of fused-ring (bicyclic) bond motifs is 2. The van der Waals surface area contributed by atoms with Gasteiger partial charge in [-0.25, -0.2) is 0 Å².